The minimum absolute atomic E-state index is 0.114. The van der Waals surface area contributed by atoms with Crippen LogP contribution >= 0.6 is 0 Å². The smallest absolute Gasteiger partial charge is 0.273 e. The zero-order valence-electron chi connectivity index (χ0n) is 11.3. The van der Waals surface area contributed by atoms with E-state index >= 15 is 0 Å². The third kappa shape index (κ3) is 3.56. The molecule has 9 heteroatoms. The summed E-state index contributed by atoms with van der Waals surface area (Å²) >= 11 is 0. The lowest BCUT2D eigenvalue weighted by molar-refractivity contribution is -0.385. The Labute approximate surface area is 121 Å². The molecule has 1 fully saturated rings. The highest BCUT2D eigenvalue weighted by Gasteiger charge is 2.25. The molecule has 1 heterocycles. The van der Waals surface area contributed by atoms with Crippen LogP contribution in [0.15, 0.2) is 23.1 Å². The van der Waals surface area contributed by atoms with Crippen LogP contribution in [0.25, 0.3) is 0 Å². The summed E-state index contributed by atoms with van der Waals surface area (Å²) in [5.41, 5.74) is 0.152. The summed E-state index contributed by atoms with van der Waals surface area (Å²) in [6.45, 7) is 1.75. The third-order valence-corrected chi connectivity index (χ3v) is 4.79. The third-order valence-electron chi connectivity index (χ3n) is 3.27. The molecular weight excluding hydrogens is 298 g/mol. The van der Waals surface area contributed by atoms with Crippen LogP contribution in [-0.4, -0.2) is 31.8 Å². The average Bonchev–Trinajstić information content (AvgIpc) is 2.41. The number of sulfonamides is 1. The van der Waals surface area contributed by atoms with Crippen molar-refractivity contribution in [2.24, 2.45) is 0 Å². The number of nitrogens with zero attached hydrogens (tertiary/aromatic N) is 1. The van der Waals surface area contributed by atoms with E-state index in [1.165, 1.54) is 12.1 Å². The van der Waals surface area contributed by atoms with Crippen molar-refractivity contribution in [1.29, 1.82) is 0 Å². The molecule has 2 rings (SSSR count). The average molecular weight is 313 g/mol. The van der Waals surface area contributed by atoms with Crippen molar-refractivity contribution in [2.45, 2.75) is 30.7 Å². The molecule has 21 heavy (non-hydrogen) atoms. The Hall–Kier alpha value is -2.00. The van der Waals surface area contributed by atoms with Gasteiger partial charge in [-0.2, -0.15) is 0 Å². The Bertz CT molecular complexity index is 676. The first kappa shape index (κ1) is 15.4. The summed E-state index contributed by atoms with van der Waals surface area (Å²) in [5.74, 6) is -0.114. The number of nitro groups is 1. The van der Waals surface area contributed by atoms with Crippen molar-refractivity contribution in [3.63, 3.8) is 0 Å². The van der Waals surface area contributed by atoms with Gasteiger partial charge in [-0.25, -0.2) is 13.1 Å². The number of hydrogen-bond acceptors (Lipinski definition) is 5. The number of carbonyl (C=O) groups excluding carboxylic acids is 1. The van der Waals surface area contributed by atoms with E-state index in [9.17, 15) is 23.3 Å². The van der Waals surface area contributed by atoms with Gasteiger partial charge in [-0.1, -0.05) is 6.07 Å². The number of carbonyl (C=O) groups is 1. The highest BCUT2D eigenvalue weighted by atomic mass is 32.2. The quantitative estimate of drug-likeness (QED) is 0.618. The fraction of sp³-hybridized carbons (Fsp3) is 0.417. The molecule has 114 valence electrons. The minimum atomic E-state index is -3.86. The molecule has 1 unspecified atom stereocenters. The molecule has 1 aromatic carbocycles. The molecule has 1 aromatic rings. The first-order chi connectivity index (χ1) is 9.79. The predicted molar refractivity (Wildman–Crippen MR) is 74.2 cm³/mol. The first-order valence-electron chi connectivity index (χ1n) is 6.33. The Morgan fingerprint density at radius 1 is 1.43 bits per heavy atom. The summed E-state index contributed by atoms with van der Waals surface area (Å²) in [6.07, 6.45) is 0.653. The van der Waals surface area contributed by atoms with Gasteiger partial charge < -0.3 is 5.32 Å². The maximum absolute atomic E-state index is 12.2. The molecule has 1 aliphatic rings. The number of piperidine rings is 1. The molecular formula is C12H15N3O5S. The standard InChI is InChI=1S/C12H15N3O5S/c1-8-2-4-10(6-11(8)15(17)18)21(19,20)14-9-3-5-12(16)13-7-9/h2,4,6,9,14H,3,5,7H2,1H3,(H,13,16). The van der Waals surface area contributed by atoms with E-state index in [1.807, 2.05) is 0 Å². The van der Waals surface area contributed by atoms with Crippen LogP contribution in [0, 0.1) is 17.0 Å². The first-order valence-corrected chi connectivity index (χ1v) is 7.82. The highest BCUT2D eigenvalue weighted by molar-refractivity contribution is 7.89. The number of amides is 1. The lowest BCUT2D eigenvalue weighted by atomic mass is 10.1. The Kier molecular flexibility index (Phi) is 4.24. The van der Waals surface area contributed by atoms with Gasteiger partial charge in [-0.3, -0.25) is 14.9 Å². The lowest BCUT2D eigenvalue weighted by Crippen LogP contribution is -2.47. The van der Waals surface area contributed by atoms with Gasteiger partial charge in [0.1, 0.15) is 0 Å². The summed E-state index contributed by atoms with van der Waals surface area (Å²) in [7, 11) is -3.86. The molecule has 1 aliphatic heterocycles. The van der Waals surface area contributed by atoms with Gasteiger partial charge in [0.05, 0.1) is 9.82 Å². The van der Waals surface area contributed by atoms with Crippen LogP contribution in [0.2, 0.25) is 0 Å². The zero-order chi connectivity index (χ0) is 15.6. The van der Waals surface area contributed by atoms with Crippen molar-refractivity contribution in [1.82, 2.24) is 10.0 Å². The maximum atomic E-state index is 12.2. The number of rotatable bonds is 4. The summed E-state index contributed by atoms with van der Waals surface area (Å²) in [5, 5.41) is 13.4. The number of nitrogens with one attached hydrogen (secondary N) is 2. The second kappa shape index (κ2) is 5.78. The predicted octanol–water partition coefficient (Wildman–Crippen LogP) is 0.460. The molecule has 0 spiro atoms. The summed E-state index contributed by atoms with van der Waals surface area (Å²) < 4.78 is 26.9. The Morgan fingerprint density at radius 2 is 2.14 bits per heavy atom. The van der Waals surface area contributed by atoms with E-state index in [4.69, 9.17) is 0 Å². The van der Waals surface area contributed by atoms with Crippen molar-refractivity contribution in [2.75, 3.05) is 6.54 Å². The van der Waals surface area contributed by atoms with Gasteiger partial charge in [0.15, 0.2) is 0 Å². The molecule has 0 radical (unpaired) electrons. The highest BCUT2D eigenvalue weighted by Crippen LogP contribution is 2.22. The molecule has 0 saturated carbocycles. The van der Waals surface area contributed by atoms with Crippen molar-refractivity contribution in [3.05, 3.63) is 33.9 Å². The van der Waals surface area contributed by atoms with Crippen molar-refractivity contribution in [3.8, 4) is 0 Å². The number of hydrogen-bond donors (Lipinski definition) is 2. The molecule has 2 N–H and O–H groups in total. The second-order valence-corrected chi connectivity index (χ2v) is 6.58. The van der Waals surface area contributed by atoms with Crippen LogP contribution in [0.3, 0.4) is 0 Å². The van der Waals surface area contributed by atoms with E-state index in [1.54, 1.807) is 6.92 Å². The number of benzene rings is 1. The number of nitro benzene ring substituents is 1. The van der Waals surface area contributed by atoms with Gasteiger partial charge in [0.2, 0.25) is 15.9 Å². The summed E-state index contributed by atoms with van der Waals surface area (Å²) in [6, 6.07) is 3.36. The van der Waals surface area contributed by atoms with Crippen LogP contribution in [0.1, 0.15) is 18.4 Å². The van der Waals surface area contributed by atoms with Crippen molar-refractivity contribution < 1.29 is 18.1 Å². The van der Waals surface area contributed by atoms with E-state index in [-0.39, 0.29) is 29.5 Å². The van der Waals surface area contributed by atoms with Crippen LogP contribution in [-0.2, 0) is 14.8 Å². The van der Waals surface area contributed by atoms with Gasteiger partial charge in [-0.15, -0.1) is 0 Å². The van der Waals surface area contributed by atoms with Crippen LogP contribution in [0.5, 0.6) is 0 Å². The van der Waals surface area contributed by atoms with Gasteiger partial charge in [-0.05, 0) is 19.4 Å². The maximum Gasteiger partial charge on any atom is 0.273 e. The molecule has 1 amide bonds. The normalized spacial score (nSPS) is 19.1. The van der Waals surface area contributed by atoms with E-state index in [0.717, 1.165) is 6.07 Å². The Morgan fingerprint density at radius 3 is 2.71 bits per heavy atom. The molecule has 0 aliphatic carbocycles. The lowest BCUT2D eigenvalue weighted by Gasteiger charge is -2.23. The fourth-order valence-electron chi connectivity index (χ4n) is 2.07. The topological polar surface area (TPSA) is 118 Å². The van der Waals surface area contributed by atoms with Crippen LogP contribution < -0.4 is 10.0 Å². The van der Waals surface area contributed by atoms with Crippen molar-refractivity contribution >= 4 is 21.6 Å². The Balaban J connectivity index is 2.21. The van der Waals surface area contributed by atoms with E-state index in [2.05, 4.69) is 10.0 Å². The van der Waals surface area contributed by atoms with Gasteiger partial charge in [0.25, 0.3) is 5.69 Å². The molecule has 1 saturated heterocycles. The van der Waals surface area contributed by atoms with Gasteiger partial charge in [0, 0.05) is 30.6 Å². The number of aryl methyl sites for hydroxylation is 1. The zero-order valence-corrected chi connectivity index (χ0v) is 12.1. The second-order valence-electron chi connectivity index (χ2n) is 4.87. The molecule has 0 aromatic heterocycles. The SMILES string of the molecule is Cc1ccc(S(=O)(=O)NC2CCC(=O)NC2)cc1[N+](=O)[O-]. The van der Waals surface area contributed by atoms with E-state index in [0.29, 0.717) is 12.0 Å². The minimum Gasteiger partial charge on any atom is -0.355 e. The van der Waals surface area contributed by atoms with Gasteiger partial charge >= 0.3 is 0 Å². The molecule has 1 atom stereocenters. The molecule has 8 nitrogen and oxygen atoms in total. The van der Waals surface area contributed by atoms with Crippen LogP contribution in [0.4, 0.5) is 5.69 Å². The monoisotopic (exact) mass is 313 g/mol. The molecule has 0 bridgehead atoms. The summed E-state index contributed by atoms with van der Waals surface area (Å²) in [4.78, 5) is 21.1. The van der Waals surface area contributed by atoms with E-state index < -0.39 is 21.0 Å². The fourth-order valence-corrected chi connectivity index (χ4v) is 3.36. The largest absolute Gasteiger partial charge is 0.355 e.